The Morgan fingerprint density at radius 3 is 2.48 bits per heavy atom. The Morgan fingerprint density at radius 2 is 1.86 bits per heavy atom. The predicted octanol–water partition coefficient (Wildman–Crippen LogP) is 1.70. The molecule has 2 amide bonds. The summed E-state index contributed by atoms with van der Waals surface area (Å²) < 4.78 is 5.15. The van der Waals surface area contributed by atoms with E-state index in [0.717, 1.165) is 51.8 Å². The number of ether oxygens (including phenoxy) is 1. The number of rotatable bonds is 4. The first kappa shape index (κ1) is 16.1. The highest BCUT2D eigenvalue weighted by Gasteiger charge is 2.33. The van der Waals surface area contributed by atoms with Crippen molar-refractivity contribution < 1.29 is 19.4 Å². The molecule has 0 aromatic heterocycles. The Balaban J connectivity index is 1.82. The molecule has 2 rings (SSSR count). The van der Waals surface area contributed by atoms with E-state index in [1.807, 2.05) is 0 Å². The molecule has 2 atom stereocenters. The molecule has 2 N–H and O–H groups in total. The van der Waals surface area contributed by atoms with Crippen LogP contribution in [0.1, 0.15) is 38.5 Å². The molecular formula is C15H26N2O4. The van der Waals surface area contributed by atoms with Crippen LogP contribution < -0.4 is 5.32 Å². The van der Waals surface area contributed by atoms with E-state index in [0.29, 0.717) is 12.3 Å². The molecule has 21 heavy (non-hydrogen) atoms. The van der Waals surface area contributed by atoms with Gasteiger partial charge in [0.05, 0.1) is 5.92 Å². The second-order valence-electron chi connectivity index (χ2n) is 6.17. The number of nitrogens with zero attached hydrogens (tertiary/aromatic N) is 1. The Morgan fingerprint density at radius 1 is 1.19 bits per heavy atom. The zero-order valence-corrected chi connectivity index (χ0v) is 12.7. The van der Waals surface area contributed by atoms with Crippen molar-refractivity contribution >= 4 is 12.0 Å². The second kappa shape index (κ2) is 7.64. The third kappa shape index (κ3) is 4.33. The number of aliphatic carboxylic acids is 1. The van der Waals surface area contributed by atoms with Gasteiger partial charge in [-0.1, -0.05) is 12.8 Å². The van der Waals surface area contributed by atoms with Gasteiger partial charge in [-0.15, -0.1) is 0 Å². The lowest BCUT2D eigenvalue weighted by atomic mass is 9.84. The summed E-state index contributed by atoms with van der Waals surface area (Å²) in [5, 5.41) is 12.2. The smallest absolute Gasteiger partial charge is 0.317 e. The average molecular weight is 298 g/mol. The maximum atomic E-state index is 12.3. The largest absolute Gasteiger partial charge is 0.481 e. The number of carboxylic acids is 1. The summed E-state index contributed by atoms with van der Waals surface area (Å²) in [6.07, 6.45) is 5.26. The highest BCUT2D eigenvalue weighted by atomic mass is 16.5. The van der Waals surface area contributed by atoms with Crippen LogP contribution in [0.3, 0.4) is 0 Å². The maximum Gasteiger partial charge on any atom is 0.317 e. The van der Waals surface area contributed by atoms with Crippen molar-refractivity contribution in [3.05, 3.63) is 0 Å². The molecule has 1 saturated heterocycles. The topological polar surface area (TPSA) is 78.9 Å². The Hall–Kier alpha value is -1.30. The number of likely N-dealkylation sites (tertiary alicyclic amines) is 1. The van der Waals surface area contributed by atoms with Gasteiger partial charge in [0.1, 0.15) is 0 Å². The lowest BCUT2D eigenvalue weighted by Gasteiger charge is -2.35. The lowest BCUT2D eigenvalue weighted by molar-refractivity contribution is -0.143. The van der Waals surface area contributed by atoms with Gasteiger partial charge in [0.25, 0.3) is 0 Å². The van der Waals surface area contributed by atoms with Crippen LogP contribution in [0.4, 0.5) is 4.79 Å². The van der Waals surface area contributed by atoms with Gasteiger partial charge in [0.2, 0.25) is 0 Å². The molecule has 0 spiro atoms. The fraction of sp³-hybridized carbons (Fsp3) is 0.867. The van der Waals surface area contributed by atoms with Crippen LogP contribution in [0.15, 0.2) is 0 Å². The molecule has 0 radical (unpaired) electrons. The van der Waals surface area contributed by atoms with E-state index < -0.39 is 11.9 Å². The predicted molar refractivity (Wildman–Crippen MR) is 78.1 cm³/mol. The van der Waals surface area contributed by atoms with E-state index in [2.05, 4.69) is 5.32 Å². The van der Waals surface area contributed by atoms with Crippen LogP contribution in [-0.4, -0.2) is 54.9 Å². The summed E-state index contributed by atoms with van der Waals surface area (Å²) in [5.74, 6) is -0.701. The molecule has 2 fully saturated rings. The van der Waals surface area contributed by atoms with Gasteiger partial charge in [-0.25, -0.2) is 4.79 Å². The number of carbonyl (C=O) groups excluding carboxylic acids is 1. The van der Waals surface area contributed by atoms with Crippen LogP contribution >= 0.6 is 0 Å². The number of carboxylic acid groups (broad SMARTS) is 1. The highest BCUT2D eigenvalue weighted by Crippen LogP contribution is 2.25. The van der Waals surface area contributed by atoms with Crippen molar-refractivity contribution in [1.82, 2.24) is 10.2 Å². The normalized spacial score (nSPS) is 27.4. The standard InChI is InChI=1S/C15H26N2O4/c1-21-10-11-6-8-17(9-7-11)15(20)16-13-5-3-2-4-12(13)14(18)19/h11-13H,2-10H2,1H3,(H,16,20)(H,18,19). The summed E-state index contributed by atoms with van der Waals surface area (Å²) in [4.78, 5) is 25.4. The molecule has 2 unspecified atom stereocenters. The van der Waals surface area contributed by atoms with Gasteiger partial charge in [-0.2, -0.15) is 0 Å². The molecule has 1 aliphatic carbocycles. The molecule has 1 heterocycles. The van der Waals surface area contributed by atoms with Crippen LogP contribution in [0.25, 0.3) is 0 Å². The number of amides is 2. The van der Waals surface area contributed by atoms with Crippen molar-refractivity contribution in [2.45, 2.75) is 44.6 Å². The van der Waals surface area contributed by atoms with E-state index >= 15 is 0 Å². The number of methoxy groups -OCH3 is 1. The Bertz CT molecular complexity index is 367. The van der Waals surface area contributed by atoms with Crippen molar-refractivity contribution in [2.24, 2.45) is 11.8 Å². The van der Waals surface area contributed by atoms with Crippen LogP contribution in [0.5, 0.6) is 0 Å². The van der Waals surface area contributed by atoms with E-state index in [4.69, 9.17) is 4.74 Å². The molecule has 120 valence electrons. The fourth-order valence-corrected chi connectivity index (χ4v) is 3.39. The monoisotopic (exact) mass is 298 g/mol. The molecular weight excluding hydrogens is 272 g/mol. The molecule has 1 saturated carbocycles. The van der Waals surface area contributed by atoms with Crippen molar-refractivity contribution in [3.63, 3.8) is 0 Å². The van der Waals surface area contributed by atoms with E-state index in [1.165, 1.54) is 0 Å². The number of piperidine rings is 1. The van der Waals surface area contributed by atoms with Gasteiger partial charge < -0.3 is 20.1 Å². The molecule has 0 aromatic carbocycles. The number of urea groups is 1. The first-order chi connectivity index (χ1) is 10.1. The minimum Gasteiger partial charge on any atom is -0.481 e. The third-order valence-electron chi connectivity index (χ3n) is 4.70. The summed E-state index contributed by atoms with van der Waals surface area (Å²) in [6, 6.07) is -0.329. The Kier molecular flexibility index (Phi) is 5.85. The van der Waals surface area contributed by atoms with Gasteiger partial charge in [-0.3, -0.25) is 4.79 Å². The molecule has 0 bridgehead atoms. The van der Waals surface area contributed by atoms with E-state index in [9.17, 15) is 14.7 Å². The summed E-state index contributed by atoms with van der Waals surface area (Å²) in [5.41, 5.74) is 0. The van der Waals surface area contributed by atoms with Crippen molar-refractivity contribution in [3.8, 4) is 0 Å². The van der Waals surface area contributed by atoms with Gasteiger partial charge in [-0.05, 0) is 31.6 Å². The number of hydrogen-bond acceptors (Lipinski definition) is 3. The third-order valence-corrected chi connectivity index (χ3v) is 4.70. The Labute approximate surface area is 125 Å². The second-order valence-corrected chi connectivity index (χ2v) is 6.17. The number of carbonyl (C=O) groups is 2. The first-order valence-electron chi connectivity index (χ1n) is 7.89. The summed E-state index contributed by atoms with van der Waals surface area (Å²) >= 11 is 0. The van der Waals surface area contributed by atoms with Crippen molar-refractivity contribution in [2.75, 3.05) is 26.8 Å². The SMILES string of the molecule is COCC1CCN(C(=O)NC2CCCCC2C(=O)O)CC1. The first-order valence-corrected chi connectivity index (χ1v) is 7.89. The molecule has 6 nitrogen and oxygen atoms in total. The lowest BCUT2D eigenvalue weighted by Crippen LogP contribution is -2.52. The molecule has 6 heteroatoms. The van der Waals surface area contributed by atoms with Gasteiger partial charge in [0, 0.05) is 32.8 Å². The minimum absolute atomic E-state index is 0.107. The molecule has 1 aliphatic heterocycles. The van der Waals surface area contributed by atoms with E-state index in [-0.39, 0.29) is 12.1 Å². The van der Waals surface area contributed by atoms with Gasteiger partial charge in [0.15, 0.2) is 0 Å². The van der Waals surface area contributed by atoms with Crippen LogP contribution in [0.2, 0.25) is 0 Å². The molecule has 2 aliphatic rings. The average Bonchev–Trinajstić information content (AvgIpc) is 2.48. The van der Waals surface area contributed by atoms with Crippen LogP contribution in [-0.2, 0) is 9.53 Å². The zero-order valence-electron chi connectivity index (χ0n) is 12.7. The summed E-state index contributed by atoms with van der Waals surface area (Å²) in [6.45, 7) is 2.20. The van der Waals surface area contributed by atoms with Crippen LogP contribution in [0, 0.1) is 11.8 Å². The zero-order chi connectivity index (χ0) is 15.2. The summed E-state index contributed by atoms with van der Waals surface area (Å²) in [7, 11) is 1.70. The maximum absolute atomic E-state index is 12.3. The number of hydrogen-bond donors (Lipinski definition) is 2. The van der Waals surface area contributed by atoms with Gasteiger partial charge >= 0.3 is 12.0 Å². The minimum atomic E-state index is -0.793. The highest BCUT2D eigenvalue weighted by molar-refractivity contribution is 5.77. The quantitative estimate of drug-likeness (QED) is 0.828. The van der Waals surface area contributed by atoms with Crippen molar-refractivity contribution in [1.29, 1.82) is 0 Å². The molecule has 0 aromatic rings. The number of nitrogens with one attached hydrogen (secondary N) is 1. The van der Waals surface area contributed by atoms with E-state index in [1.54, 1.807) is 12.0 Å². The fourth-order valence-electron chi connectivity index (χ4n) is 3.39.